The van der Waals surface area contributed by atoms with E-state index in [-0.39, 0.29) is 22.6 Å². The van der Waals surface area contributed by atoms with Gasteiger partial charge in [0, 0.05) is 16.9 Å². The summed E-state index contributed by atoms with van der Waals surface area (Å²) < 4.78 is 74.3. The highest BCUT2D eigenvalue weighted by atomic mass is 35.5. The Morgan fingerprint density at radius 2 is 1.54 bits per heavy atom. The fourth-order valence-electron chi connectivity index (χ4n) is 2.54. The third kappa shape index (κ3) is 4.54. The van der Waals surface area contributed by atoms with Crippen molar-refractivity contribution in [2.75, 3.05) is 0 Å². The average molecular weight is 430 g/mol. The molecule has 1 heterocycles. The molecule has 0 amide bonds. The molecule has 3 rings (SSSR count). The van der Waals surface area contributed by atoms with Crippen molar-refractivity contribution < 1.29 is 26.3 Å². The Kier molecular flexibility index (Phi) is 5.78. The molecule has 1 unspecified atom stereocenters. The first kappa shape index (κ1) is 20.4. The van der Waals surface area contributed by atoms with Gasteiger partial charge in [0.2, 0.25) is 5.82 Å². The lowest BCUT2D eigenvalue weighted by molar-refractivity contribution is -0.144. The third-order valence-electron chi connectivity index (χ3n) is 3.76. The van der Waals surface area contributed by atoms with E-state index in [9.17, 15) is 26.3 Å². The summed E-state index contributed by atoms with van der Waals surface area (Å²) in [6.45, 7) is 0. The van der Waals surface area contributed by atoms with Gasteiger partial charge in [0.05, 0.1) is 5.69 Å². The summed E-state index contributed by atoms with van der Waals surface area (Å²) in [6.07, 6.45) is -4.82. The Morgan fingerprint density at radius 1 is 0.964 bits per heavy atom. The Morgan fingerprint density at radius 3 is 2.07 bits per heavy atom. The zero-order chi connectivity index (χ0) is 20.5. The van der Waals surface area contributed by atoms with Crippen molar-refractivity contribution >= 4 is 22.7 Å². The van der Waals surface area contributed by atoms with Gasteiger partial charge in [0.1, 0.15) is 11.0 Å². The largest absolute Gasteiger partial charge is 0.772 e. The molecule has 1 atom stereocenters. The molecule has 0 N–H and O–H groups in total. The second-order valence-corrected chi connectivity index (χ2v) is 6.97. The monoisotopic (exact) mass is 429 g/mol. The second-order valence-electron chi connectivity index (χ2n) is 5.71. The molecule has 2 aromatic carbocycles. The van der Waals surface area contributed by atoms with Crippen LogP contribution >= 0.6 is 11.6 Å². The van der Waals surface area contributed by atoms with Crippen LogP contribution in [0.25, 0.3) is 22.4 Å². The van der Waals surface area contributed by atoms with Crippen molar-refractivity contribution in [3.8, 4) is 22.4 Å². The lowest BCUT2D eigenvalue weighted by atomic mass is 10.00. The first-order valence-electron chi connectivity index (χ1n) is 7.71. The van der Waals surface area contributed by atoms with Crippen LogP contribution in [0.2, 0.25) is 5.15 Å². The second kappa shape index (κ2) is 7.94. The topological polar surface area (TPSA) is 65.9 Å². The van der Waals surface area contributed by atoms with E-state index in [4.69, 9.17) is 11.6 Å². The van der Waals surface area contributed by atoms with Gasteiger partial charge in [-0.1, -0.05) is 59.1 Å². The number of hydrogen-bond donors (Lipinski definition) is 0. The van der Waals surface area contributed by atoms with E-state index in [1.807, 2.05) is 0 Å². The van der Waals surface area contributed by atoms with Gasteiger partial charge in [-0.25, -0.2) is 14.4 Å². The molecule has 0 aliphatic carbocycles. The van der Waals surface area contributed by atoms with Gasteiger partial charge in [0.25, 0.3) is 0 Å². The SMILES string of the molecule is O=S([O-])Cc1ccc(-c2nc(C(F)(F)F)nc(Cl)c2-c2ccc(F)cc2)cc1. The van der Waals surface area contributed by atoms with Gasteiger partial charge >= 0.3 is 6.18 Å². The minimum atomic E-state index is -4.82. The molecule has 4 nitrogen and oxygen atoms in total. The van der Waals surface area contributed by atoms with Crippen LogP contribution in [-0.4, -0.2) is 18.7 Å². The van der Waals surface area contributed by atoms with E-state index in [0.29, 0.717) is 11.1 Å². The van der Waals surface area contributed by atoms with Gasteiger partial charge in [-0.15, -0.1) is 0 Å². The normalized spacial score (nSPS) is 12.8. The van der Waals surface area contributed by atoms with Crippen LogP contribution in [0.3, 0.4) is 0 Å². The highest BCUT2D eigenvalue weighted by Gasteiger charge is 2.36. The number of nitrogens with zero attached hydrogens (tertiary/aromatic N) is 2. The van der Waals surface area contributed by atoms with Crippen molar-refractivity contribution in [1.82, 2.24) is 9.97 Å². The molecule has 0 saturated heterocycles. The van der Waals surface area contributed by atoms with Crippen LogP contribution in [0.4, 0.5) is 17.6 Å². The molecule has 3 aromatic rings. The maximum atomic E-state index is 13.2. The Hall–Kier alpha value is -2.36. The first-order chi connectivity index (χ1) is 13.1. The summed E-state index contributed by atoms with van der Waals surface area (Å²) in [6, 6.07) is 10.8. The quantitative estimate of drug-likeness (QED) is 0.332. The Bertz CT molecular complexity index is 1030. The van der Waals surface area contributed by atoms with Gasteiger partial charge < -0.3 is 4.55 Å². The van der Waals surface area contributed by atoms with Crippen LogP contribution in [-0.2, 0) is 23.0 Å². The number of rotatable bonds is 4. The molecular weight excluding hydrogens is 420 g/mol. The summed E-state index contributed by atoms with van der Waals surface area (Å²) in [5.74, 6) is -2.17. The van der Waals surface area contributed by atoms with E-state index in [0.717, 1.165) is 12.1 Å². The third-order valence-corrected chi connectivity index (χ3v) is 4.61. The molecule has 0 aliphatic rings. The van der Waals surface area contributed by atoms with Crippen molar-refractivity contribution in [1.29, 1.82) is 0 Å². The van der Waals surface area contributed by atoms with Crippen molar-refractivity contribution in [3.05, 3.63) is 70.9 Å². The number of benzene rings is 2. The molecule has 0 aliphatic heterocycles. The summed E-state index contributed by atoms with van der Waals surface area (Å²) in [7, 11) is 0. The maximum absolute atomic E-state index is 13.2. The molecule has 0 radical (unpaired) electrons. The molecule has 10 heteroatoms. The molecule has 1 aromatic heterocycles. The molecule has 0 bridgehead atoms. The lowest BCUT2D eigenvalue weighted by Crippen LogP contribution is -2.12. The molecule has 0 spiro atoms. The predicted molar refractivity (Wildman–Crippen MR) is 95.5 cm³/mol. The van der Waals surface area contributed by atoms with Crippen molar-refractivity contribution in [3.63, 3.8) is 0 Å². The minimum Gasteiger partial charge on any atom is -0.772 e. The standard InChI is InChI=1S/C18H11ClF4N2O2S/c19-16-14(11-5-7-13(20)8-6-11)15(24-17(25-16)18(21,22)23)12-3-1-10(2-4-12)9-28(26)27/h1-8H,9H2,(H,26,27)/p-1. The highest BCUT2D eigenvalue weighted by Crippen LogP contribution is 2.38. The number of aromatic nitrogens is 2. The minimum absolute atomic E-state index is 0.103. The summed E-state index contributed by atoms with van der Waals surface area (Å²) in [5, 5.41) is -0.436. The van der Waals surface area contributed by atoms with Gasteiger partial charge in [-0.2, -0.15) is 13.2 Å². The fourth-order valence-corrected chi connectivity index (χ4v) is 3.28. The first-order valence-corrected chi connectivity index (χ1v) is 9.33. The zero-order valence-corrected chi connectivity index (χ0v) is 15.4. The van der Waals surface area contributed by atoms with E-state index in [2.05, 4.69) is 9.97 Å². The van der Waals surface area contributed by atoms with Crippen LogP contribution in [0, 0.1) is 5.82 Å². The van der Waals surface area contributed by atoms with E-state index >= 15 is 0 Å². The van der Waals surface area contributed by atoms with Crippen molar-refractivity contribution in [2.45, 2.75) is 11.9 Å². The van der Waals surface area contributed by atoms with E-state index in [1.165, 1.54) is 36.4 Å². The van der Waals surface area contributed by atoms with E-state index < -0.39 is 34.1 Å². The van der Waals surface area contributed by atoms with Gasteiger partial charge in [-0.3, -0.25) is 4.21 Å². The molecule has 0 fully saturated rings. The van der Waals surface area contributed by atoms with Crippen LogP contribution in [0.1, 0.15) is 11.4 Å². The number of halogens is 5. The lowest BCUT2D eigenvalue weighted by Gasteiger charge is -2.15. The van der Waals surface area contributed by atoms with Crippen molar-refractivity contribution in [2.24, 2.45) is 0 Å². The molecule has 28 heavy (non-hydrogen) atoms. The van der Waals surface area contributed by atoms with Crippen LogP contribution in [0.15, 0.2) is 48.5 Å². The number of hydrogen-bond acceptors (Lipinski definition) is 4. The van der Waals surface area contributed by atoms with Gasteiger partial charge in [-0.05, 0) is 23.3 Å². The smallest absolute Gasteiger partial charge is 0.451 e. The van der Waals surface area contributed by atoms with Gasteiger partial charge in [0.15, 0.2) is 0 Å². The average Bonchev–Trinajstić information content (AvgIpc) is 2.61. The predicted octanol–water partition coefficient (Wildman–Crippen LogP) is 5.00. The zero-order valence-electron chi connectivity index (χ0n) is 13.8. The summed E-state index contributed by atoms with van der Waals surface area (Å²) >= 11 is 3.73. The molecule has 0 saturated carbocycles. The fraction of sp³-hybridized carbons (Fsp3) is 0.111. The summed E-state index contributed by atoms with van der Waals surface area (Å²) in [5.41, 5.74) is 1.06. The summed E-state index contributed by atoms with van der Waals surface area (Å²) in [4.78, 5) is 6.97. The Balaban J connectivity index is 2.20. The maximum Gasteiger partial charge on any atom is 0.451 e. The Labute approximate surface area is 164 Å². The van der Waals surface area contributed by atoms with Crippen LogP contribution in [0.5, 0.6) is 0 Å². The van der Waals surface area contributed by atoms with E-state index in [1.54, 1.807) is 0 Å². The molecule has 146 valence electrons. The number of alkyl halides is 3. The highest BCUT2D eigenvalue weighted by molar-refractivity contribution is 7.78. The van der Waals surface area contributed by atoms with Crippen LogP contribution < -0.4 is 0 Å². The molecular formula is C18H10ClF4N2O2S-.